The van der Waals surface area contributed by atoms with E-state index >= 15 is 0 Å². The van der Waals surface area contributed by atoms with Gasteiger partial charge in [0.2, 0.25) is 0 Å². The van der Waals surface area contributed by atoms with E-state index in [0.29, 0.717) is 54.1 Å². The molecule has 2 aliphatic rings. The van der Waals surface area contributed by atoms with Gasteiger partial charge in [-0.15, -0.1) is 3.89 Å². The number of anilines is 1. The third-order valence-electron chi connectivity index (χ3n) is 9.20. The summed E-state index contributed by atoms with van der Waals surface area (Å²) in [6.45, 7) is 1.33. The van der Waals surface area contributed by atoms with E-state index in [-0.39, 0.29) is 43.2 Å². The number of amides is 2. The van der Waals surface area contributed by atoms with E-state index in [2.05, 4.69) is 45.1 Å². The first-order valence-corrected chi connectivity index (χ1v) is 17.9. The van der Waals surface area contributed by atoms with E-state index in [0.717, 1.165) is 47.8 Å². The molecule has 0 radical (unpaired) electrons. The average molecular weight is 729 g/mol. The molecule has 0 spiro atoms. The zero-order valence-electron chi connectivity index (χ0n) is 29.5. The zero-order valence-corrected chi connectivity index (χ0v) is 30.3. The monoisotopic (exact) mass is 728 g/mol. The third-order valence-corrected chi connectivity index (χ3v) is 9.48. The molecule has 2 unspecified atom stereocenters. The van der Waals surface area contributed by atoms with Gasteiger partial charge in [-0.05, 0) is 101 Å². The number of nitrogens with one attached hydrogen (secondary N) is 2. The van der Waals surface area contributed by atoms with Crippen LogP contribution in [0.15, 0.2) is 54.7 Å². The lowest BCUT2D eigenvalue weighted by molar-refractivity contribution is -0.112. The van der Waals surface area contributed by atoms with E-state index < -0.39 is 17.8 Å². The number of aromatic amines is 1. The summed E-state index contributed by atoms with van der Waals surface area (Å²) in [4.78, 5) is 59.8. The number of carbonyl (C=O) groups excluding carboxylic acids is 4. The Morgan fingerprint density at radius 1 is 1.21 bits per heavy atom. The van der Waals surface area contributed by atoms with Crippen LogP contribution in [0.4, 0.5) is 14.1 Å². The predicted octanol–water partition coefficient (Wildman–Crippen LogP) is 6.68. The summed E-state index contributed by atoms with van der Waals surface area (Å²) >= 11 is 0.213. The number of hydrogen-bond donors (Lipinski definition) is 2. The van der Waals surface area contributed by atoms with Gasteiger partial charge in [-0.1, -0.05) is 24.0 Å². The maximum Gasteiger partial charge on any atom is 0.256 e. The van der Waals surface area contributed by atoms with Crippen LogP contribution in [0.25, 0.3) is 10.9 Å². The molecule has 2 atom stereocenters. The lowest BCUT2D eigenvalue weighted by atomic mass is 10.0. The zero-order chi connectivity index (χ0) is 37.2. The van der Waals surface area contributed by atoms with E-state index in [4.69, 9.17) is 0 Å². The summed E-state index contributed by atoms with van der Waals surface area (Å²) < 4.78 is 27.3. The summed E-state index contributed by atoms with van der Waals surface area (Å²) in [5.41, 5.74) is 4.73. The second-order valence-corrected chi connectivity index (χ2v) is 13.9. The second kappa shape index (κ2) is 18.0. The maximum atomic E-state index is 15.0. The molecule has 2 aromatic carbocycles. The number of aryl methyl sites for hydroxylation is 1. The van der Waals surface area contributed by atoms with E-state index in [9.17, 15) is 27.5 Å². The Bertz CT molecular complexity index is 1990. The van der Waals surface area contributed by atoms with Crippen molar-refractivity contribution < 1.29 is 27.5 Å². The molecular formula is C39H42F2N6O4S. The summed E-state index contributed by atoms with van der Waals surface area (Å²) in [5, 5.41) is 3.76. The van der Waals surface area contributed by atoms with E-state index in [1.165, 1.54) is 15.3 Å². The van der Waals surface area contributed by atoms with Gasteiger partial charge in [0.05, 0.1) is 11.6 Å². The van der Waals surface area contributed by atoms with Gasteiger partial charge < -0.3 is 24.8 Å². The van der Waals surface area contributed by atoms with Crippen LogP contribution in [0, 0.1) is 17.7 Å². The first-order chi connectivity index (χ1) is 25.1. The minimum atomic E-state index is -0.656. The van der Waals surface area contributed by atoms with Crippen LogP contribution in [0.1, 0.15) is 87.7 Å². The molecule has 2 aromatic heterocycles. The van der Waals surface area contributed by atoms with Crippen LogP contribution in [0.3, 0.4) is 0 Å². The molecule has 1 fully saturated rings. The summed E-state index contributed by atoms with van der Waals surface area (Å²) in [6.07, 6.45) is 7.49. The maximum absolute atomic E-state index is 15.0. The minimum Gasteiger partial charge on any atom is -0.357 e. The molecule has 1 saturated heterocycles. The third kappa shape index (κ3) is 9.30. The largest absolute Gasteiger partial charge is 0.357 e. The van der Waals surface area contributed by atoms with Crippen molar-refractivity contribution in [3.63, 3.8) is 0 Å². The Morgan fingerprint density at radius 2 is 2.02 bits per heavy atom. The van der Waals surface area contributed by atoms with Crippen molar-refractivity contribution in [3.05, 3.63) is 94.1 Å². The number of likely N-dealkylation sites (tertiary alicyclic amines) is 1. The smallest absolute Gasteiger partial charge is 0.256 e. The molecule has 6 rings (SSSR count). The minimum absolute atomic E-state index is 0.203. The highest BCUT2D eigenvalue weighted by Gasteiger charge is 2.33. The average Bonchev–Trinajstić information content (AvgIpc) is 3.86. The summed E-state index contributed by atoms with van der Waals surface area (Å²) in [7, 11) is 5.41. The highest BCUT2D eigenvalue weighted by Crippen LogP contribution is 2.32. The van der Waals surface area contributed by atoms with Crippen molar-refractivity contribution in [2.24, 2.45) is 0 Å². The van der Waals surface area contributed by atoms with Crippen LogP contribution in [-0.4, -0.2) is 82.2 Å². The van der Waals surface area contributed by atoms with Crippen molar-refractivity contribution >= 4 is 53.4 Å². The molecule has 2 amide bonds. The molecule has 4 aromatic rings. The number of carbonyl (C=O) groups is 4. The number of rotatable bonds is 12. The number of fused-ring (bicyclic) bond motifs is 2. The quantitative estimate of drug-likeness (QED) is 0.0719. The van der Waals surface area contributed by atoms with Crippen LogP contribution in [0.2, 0.25) is 0 Å². The normalized spacial score (nSPS) is 15.8. The fraction of sp³-hybridized carbons (Fsp3) is 0.359. The van der Waals surface area contributed by atoms with Gasteiger partial charge in [-0.25, -0.2) is 13.7 Å². The number of unbranched alkanes of at least 4 members (excludes halogenated alkanes) is 1. The molecule has 10 nitrogen and oxygen atoms in total. The Morgan fingerprint density at radius 3 is 2.71 bits per heavy atom. The SMILES string of the molecule is CN(C)SF.CN1CCCC1c1cc2cnc(NC(=O)c3ccc(CCCC#Cc4cccc5c4CN(C(C=O)CCC=O)C5=O)c(F)c3)cc2[nH]1. The van der Waals surface area contributed by atoms with Crippen LogP contribution < -0.4 is 5.32 Å². The number of pyridine rings is 1. The van der Waals surface area contributed by atoms with Crippen molar-refractivity contribution in [2.45, 2.75) is 63.6 Å². The molecule has 0 saturated carbocycles. The standard InChI is InChI=1S/C37H36FN5O4.C2H6FNS/c1-42-16-6-13-34(42)33-19-27-21-39-35(20-32(27)40-33)41-36(46)26-15-14-25(31(38)18-26)9-4-2-3-8-24-10-5-12-29-30(24)22-43(37(29)47)28(23-45)11-7-17-44;1-4(2)5-3/h5,10,12,14-15,17-21,23,28,34,40H,2,4,6-7,9,11,13,16,22H2,1H3,(H,39,41,46);1-2H3. The molecular weight excluding hydrogens is 687 g/mol. The molecule has 0 aliphatic carbocycles. The highest BCUT2D eigenvalue weighted by atomic mass is 32.2. The number of hydrogen-bond acceptors (Lipinski definition) is 8. The lowest BCUT2D eigenvalue weighted by Gasteiger charge is -2.22. The number of aromatic nitrogens is 2. The Hall–Kier alpha value is -4.90. The Balaban J connectivity index is 0.000000979. The molecule has 52 heavy (non-hydrogen) atoms. The van der Waals surface area contributed by atoms with Gasteiger partial charge in [0.1, 0.15) is 36.5 Å². The number of halogens is 2. The van der Waals surface area contributed by atoms with Gasteiger partial charge in [-0.2, -0.15) is 0 Å². The fourth-order valence-electron chi connectivity index (χ4n) is 6.48. The molecule has 13 heteroatoms. The van der Waals surface area contributed by atoms with Crippen LogP contribution in [-0.2, 0) is 22.6 Å². The number of H-pyrrole nitrogens is 1. The van der Waals surface area contributed by atoms with Crippen LogP contribution in [0.5, 0.6) is 0 Å². The molecule has 272 valence electrons. The van der Waals surface area contributed by atoms with Gasteiger partial charge in [0.15, 0.2) is 0 Å². The van der Waals surface area contributed by atoms with Crippen molar-refractivity contribution in [1.29, 1.82) is 0 Å². The number of aldehydes is 2. The lowest BCUT2D eigenvalue weighted by Crippen LogP contribution is -2.36. The first-order valence-electron chi connectivity index (χ1n) is 17.2. The second-order valence-electron chi connectivity index (χ2n) is 13.0. The Kier molecular flexibility index (Phi) is 13.3. The first kappa shape index (κ1) is 38.3. The topological polar surface area (TPSA) is 119 Å². The van der Waals surface area contributed by atoms with Crippen LogP contribution >= 0.6 is 12.3 Å². The van der Waals surface area contributed by atoms with E-state index in [1.54, 1.807) is 50.6 Å². The molecule has 4 heterocycles. The fourth-order valence-corrected chi connectivity index (χ4v) is 6.48. The summed E-state index contributed by atoms with van der Waals surface area (Å²) in [6, 6.07) is 13.4. The van der Waals surface area contributed by atoms with Gasteiger partial charge in [0.25, 0.3) is 11.8 Å². The van der Waals surface area contributed by atoms with E-state index in [1.807, 2.05) is 6.07 Å². The molecule has 2 aliphatic heterocycles. The van der Waals surface area contributed by atoms with Crippen molar-refractivity contribution in [3.8, 4) is 11.8 Å². The predicted molar refractivity (Wildman–Crippen MR) is 199 cm³/mol. The number of benzene rings is 2. The van der Waals surface area contributed by atoms with Gasteiger partial charge >= 0.3 is 0 Å². The molecule has 2 N–H and O–H groups in total. The highest BCUT2D eigenvalue weighted by molar-refractivity contribution is 7.91. The summed E-state index contributed by atoms with van der Waals surface area (Å²) in [5.74, 6) is 5.51. The van der Waals surface area contributed by atoms with Crippen molar-refractivity contribution in [2.75, 3.05) is 33.0 Å². The van der Waals surface area contributed by atoms with Crippen molar-refractivity contribution in [1.82, 2.24) is 24.1 Å². The number of nitrogens with zero attached hydrogens (tertiary/aromatic N) is 4. The van der Waals surface area contributed by atoms with Gasteiger partial charge in [-0.3, -0.25) is 14.5 Å². The molecule has 0 bridgehead atoms. The van der Waals surface area contributed by atoms with Gasteiger partial charge in [0, 0.05) is 65.5 Å². The Labute approximate surface area is 306 Å².